The van der Waals surface area contributed by atoms with Crippen LogP contribution in [0, 0.1) is 17.0 Å². The molecule has 0 radical (unpaired) electrons. The van der Waals surface area contributed by atoms with Crippen LogP contribution in [0.2, 0.25) is 5.02 Å². The Hall–Kier alpha value is -3.16. The lowest BCUT2D eigenvalue weighted by Gasteiger charge is -2.24. The minimum atomic E-state index is -0.461. The Bertz CT molecular complexity index is 1100. The predicted octanol–water partition coefficient (Wildman–Crippen LogP) is 5.09. The van der Waals surface area contributed by atoms with E-state index in [1.165, 1.54) is 6.07 Å². The average Bonchev–Trinajstić information content (AvgIpc) is 3.19. The Labute approximate surface area is 192 Å². The third-order valence-corrected chi connectivity index (χ3v) is 5.47. The van der Waals surface area contributed by atoms with Gasteiger partial charge >= 0.3 is 0 Å². The number of benzene rings is 2. The molecular weight excluding hydrogens is 430 g/mol. The quantitative estimate of drug-likeness (QED) is 0.242. The number of carbonyl (C=O) groups is 1. The first-order valence-corrected chi connectivity index (χ1v) is 10.7. The fourth-order valence-corrected chi connectivity index (χ4v) is 3.76. The van der Waals surface area contributed by atoms with Gasteiger partial charge in [0.2, 0.25) is 0 Å². The number of rotatable bonds is 10. The number of nitro groups is 1. The fraction of sp³-hybridized carbons (Fsp3) is 0.292. The molecule has 0 N–H and O–H groups in total. The van der Waals surface area contributed by atoms with Crippen LogP contribution in [0.3, 0.4) is 0 Å². The Morgan fingerprint density at radius 1 is 1.19 bits per heavy atom. The van der Waals surface area contributed by atoms with Gasteiger partial charge in [-0.1, -0.05) is 29.8 Å². The van der Waals surface area contributed by atoms with Gasteiger partial charge in [0, 0.05) is 60.9 Å². The highest BCUT2D eigenvalue weighted by Crippen LogP contribution is 2.21. The molecule has 8 heteroatoms. The van der Waals surface area contributed by atoms with Gasteiger partial charge < -0.3 is 14.2 Å². The van der Waals surface area contributed by atoms with Gasteiger partial charge in [-0.15, -0.1) is 0 Å². The van der Waals surface area contributed by atoms with E-state index in [1.54, 1.807) is 31.1 Å². The zero-order valence-electron chi connectivity index (χ0n) is 18.2. The van der Waals surface area contributed by atoms with E-state index in [9.17, 15) is 14.9 Å². The number of nitro benzene ring substituents is 1. The van der Waals surface area contributed by atoms with Gasteiger partial charge in [0.15, 0.2) is 0 Å². The maximum Gasteiger partial charge on any atom is 0.273 e. The molecule has 0 aliphatic carbocycles. The van der Waals surface area contributed by atoms with Crippen LogP contribution >= 0.6 is 11.6 Å². The van der Waals surface area contributed by atoms with Crippen molar-refractivity contribution >= 4 is 23.2 Å². The molecule has 0 fully saturated rings. The number of hydrogen-bond donors (Lipinski definition) is 0. The van der Waals surface area contributed by atoms with E-state index >= 15 is 0 Å². The number of aromatic nitrogens is 1. The Kier molecular flexibility index (Phi) is 8.03. The summed E-state index contributed by atoms with van der Waals surface area (Å²) in [6.45, 7) is 3.64. The maximum atomic E-state index is 13.3. The summed E-state index contributed by atoms with van der Waals surface area (Å²) >= 11 is 6.11. The van der Waals surface area contributed by atoms with E-state index in [0.717, 1.165) is 11.3 Å². The molecule has 0 saturated heterocycles. The summed E-state index contributed by atoms with van der Waals surface area (Å²) in [5, 5.41) is 12.0. The lowest BCUT2D eigenvalue weighted by atomic mass is 10.1. The van der Waals surface area contributed by atoms with Crippen LogP contribution in [0.5, 0.6) is 0 Å². The Morgan fingerprint density at radius 3 is 2.72 bits per heavy atom. The summed E-state index contributed by atoms with van der Waals surface area (Å²) in [6.07, 6.45) is 2.62. The van der Waals surface area contributed by atoms with E-state index in [1.807, 2.05) is 42.6 Å². The van der Waals surface area contributed by atoms with Crippen LogP contribution in [0.4, 0.5) is 5.69 Å². The van der Waals surface area contributed by atoms with Crippen molar-refractivity contribution in [1.29, 1.82) is 0 Å². The SMILES string of the molecule is COCCCN(Cc1cccn1Cc1cccc(Cl)c1)C(=O)c1ccc(C)c([N+](=O)[O-])c1. The number of aryl methyl sites for hydroxylation is 1. The highest BCUT2D eigenvalue weighted by atomic mass is 35.5. The second-order valence-corrected chi connectivity index (χ2v) is 8.03. The second kappa shape index (κ2) is 10.9. The molecule has 2 aromatic carbocycles. The van der Waals surface area contributed by atoms with Crippen molar-refractivity contribution in [2.75, 3.05) is 20.3 Å². The molecule has 0 unspecified atom stereocenters. The zero-order chi connectivity index (χ0) is 23.1. The summed E-state index contributed by atoms with van der Waals surface area (Å²) in [4.78, 5) is 25.9. The minimum absolute atomic E-state index is 0.0583. The van der Waals surface area contributed by atoms with Gasteiger partial charge in [-0.05, 0) is 49.2 Å². The molecule has 32 heavy (non-hydrogen) atoms. The lowest BCUT2D eigenvalue weighted by molar-refractivity contribution is -0.385. The predicted molar refractivity (Wildman–Crippen MR) is 124 cm³/mol. The molecule has 7 nitrogen and oxygen atoms in total. The number of halogens is 1. The molecule has 1 aromatic heterocycles. The van der Waals surface area contributed by atoms with Gasteiger partial charge in [-0.2, -0.15) is 0 Å². The molecule has 168 valence electrons. The van der Waals surface area contributed by atoms with Crippen molar-refractivity contribution in [3.63, 3.8) is 0 Å². The molecule has 0 saturated carbocycles. The number of carbonyl (C=O) groups excluding carboxylic acids is 1. The third kappa shape index (κ3) is 5.96. The largest absolute Gasteiger partial charge is 0.385 e. The first-order chi connectivity index (χ1) is 15.4. The van der Waals surface area contributed by atoms with Gasteiger partial charge in [-0.3, -0.25) is 14.9 Å². The van der Waals surface area contributed by atoms with Crippen LogP contribution < -0.4 is 0 Å². The molecule has 3 aromatic rings. The molecule has 1 heterocycles. The number of nitrogens with zero attached hydrogens (tertiary/aromatic N) is 3. The topological polar surface area (TPSA) is 77.6 Å². The van der Waals surface area contributed by atoms with E-state index in [4.69, 9.17) is 16.3 Å². The van der Waals surface area contributed by atoms with Crippen LogP contribution in [0.25, 0.3) is 0 Å². The zero-order valence-corrected chi connectivity index (χ0v) is 18.9. The van der Waals surface area contributed by atoms with Crippen LogP contribution in [0.15, 0.2) is 60.8 Å². The van der Waals surface area contributed by atoms with Crippen molar-refractivity contribution in [2.45, 2.75) is 26.4 Å². The van der Waals surface area contributed by atoms with Crippen LogP contribution in [-0.4, -0.2) is 40.6 Å². The molecule has 0 atom stereocenters. The first-order valence-electron chi connectivity index (χ1n) is 10.3. The molecule has 0 spiro atoms. The third-order valence-electron chi connectivity index (χ3n) is 5.23. The molecule has 0 aliphatic heterocycles. The van der Waals surface area contributed by atoms with Crippen LogP contribution in [0.1, 0.15) is 33.6 Å². The molecule has 3 rings (SSSR count). The molecular formula is C24H26ClN3O4. The van der Waals surface area contributed by atoms with Crippen molar-refractivity contribution in [3.05, 3.63) is 98.3 Å². The van der Waals surface area contributed by atoms with E-state index in [0.29, 0.717) is 48.8 Å². The van der Waals surface area contributed by atoms with Gasteiger partial charge in [0.25, 0.3) is 11.6 Å². The van der Waals surface area contributed by atoms with Crippen molar-refractivity contribution in [3.8, 4) is 0 Å². The van der Waals surface area contributed by atoms with Crippen molar-refractivity contribution in [1.82, 2.24) is 9.47 Å². The summed E-state index contributed by atoms with van der Waals surface area (Å²) in [6, 6.07) is 16.2. The number of hydrogen-bond acceptors (Lipinski definition) is 4. The smallest absolute Gasteiger partial charge is 0.273 e. The lowest BCUT2D eigenvalue weighted by Crippen LogP contribution is -2.33. The van der Waals surface area contributed by atoms with Gasteiger partial charge in [0.1, 0.15) is 0 Å². The van der Waals surface area contributed by atoms with Crippen LogP contribution in [-0.2, 0) is 17.8 Å². The summed E-state index contributed by atoms with van der Waals surface area (Å²) in [5.41, 5.74) is 2.77. The van der Waals surface area contributed by atoms with E-state index < -0.39 is 4.92 Å². The van der Waals surface area contributed by atoms with Crippen molar-refractivity contribution < 1.29 is 14.5 Å². The normalized spacial score (nSPS) is 10.8. The highest BCUT2D eigenvalue weighted by molar-refractivity contribution is 6.30. The first kappa shape index (κ1) is 23.5. The van der Waals surface area contributed by atoms with Gasteiger partial charge in [-0.25, -0.2) is 0 Å². The summed E-state index contributed by atoms with van der Waals surface area (Å²) in [7, 11) is 1.62. The Morgan fingerprint density at radius 2 is 2.00 bits per heavy atom. The monoisotopic (exact) mass is 455 g/mol. The summed E-state index contributed by atoms with van der Waals surface area (Å²) in [5.74, 6) is -0.250. The molecule has 1 amide bonds. The number of amides is 1. The standard InChI is InChI=1S/C24H26ClN3O4/c1-18-9-10-20(15-23(18)28(30)31)24(29)27(12-5-13-32-2)17-22-8-4-11-26(22)16-19-6-3-7-21(25)14-19/h3-4,6-11,14-15H,5,12-13,16-17H2,1-2H3. The Balaban J connectivity index is 1.84. The molecule has 0 bridgehead atoms. The second-order valence-electron chi connectivity index (χ2n) is 7.59. The number of ether oxygens (including phenoxy) is 1. The van der Waals surface area contributed by atoms with E-state index in [2.05, 4.69) is 4.57 Å². The molecule has 0 aliphatic rings. The number of methoxy groups -OCH3 is 1. The fourth-order valence-electron chi connectivity index (χ4n) is 3.55. The maximum absolute atomic E-state index is 13.3. The van der Waals surface area contributed by atoms with Gasteiger partial charge in [0.05, 0.1) is 11.5 Å². The minimum Gasteiger partial charge on any atom is -0.385 e. The highest BCUT2D eigenvalue weighted by Gasteiger charge is 2.21. The van der Waals surface area contributed by atoms with E-state index in [-0.39, 0.29) is 11.6 Å². The van der Waals surface area contributed by atoms with Crippen molar-refractivity contribution in [2.24, 2.45) is 0 Å². The summed E-state index contributed by atoms with van der Waals surface area (Å²) < 4.78 is 7.22. The average molecular weight is 456 g/mol.